The average Bonchev–Trinajstić information content (AvgIpc) is 2.93. The molecule has 0 saturated heterocycles. The maximum absolute atomic E-state index is 11.7. The van der Waals surface area contributed by atoms with Crippen molar-refractivity contribution in [2.45, 2.75) is 0 Å². The van der Waals surface area contributed by atoms with Crippen LogP contribution in [0.1, 0.15) is 0 Å². The van der Waals surface area contributed by atoms with Gasteiger partial charge >= 0.3 is 0 Å². The largest absolute Gasteiger partial charge is 0.304 e. The first-order valence-electron chi connectivity index (χ1n) is 5.39. The molecule has 0 aliphatic heterocycles. The van der Waals surface area contributed by atoms with Gasteiger partial charge in [0.15, 0.2) is 10.8 Å². The number of thiazole rings is 1. The van der Waals surface area contributed by atoms with Crippen LogP contribution in [0.15, 0.2) is 52.8 Å². The Morgan fingerprint density at radius 2 is 2.00 bits per heavy atom. The molecule has 1 N–H and O–H groups in total. The Kier molecular flexibility index (Phi) is 2.74. The summed E-state index contributed by atoms with van der Waals surface area (Å²) < 4.78 is 0. The lowest BCUT2D eigenvalue weighted by Gasteiger charge is -2.02. The molecule has 2 aromatic heterocycles. The fourth-order valence-corrected chi connectivity index (χ4v) is 2.24. The van der Waals surface area contributed by atoms with E-state index in [-0.39, 0.29) is 5.56 Å². The third-order valence-corrected chi connectivity index (χ3v) is 3.23. The molecular weight excluding hydrogens is 246 g/mol. The van der Waals surface area contributed by atoms with Gasteiger partial charge in [-0.2, -0.15) is 0 Å². The molecule has 0 unspecified atom stereocenters. The highest BCUT2D eigenvalue weighted by Crippen LogP contribution is 2.20. The van der Waals surface area contributed by atoms with Crippen LogP contribution in [-0.2, 0) is 0 Å². The van der Waals surface area contributed by atoms with Crippen LogP contribution >= 0.6 is 11.3 Å². The molecule has 0 fully saturated rings. The fourth-order valence-electron chi connectivity index (χ4n) is 1.66. The second kappa shape index (κ2) is 4.54. The molecule has 1 aromatic carbocycles. The molecule has 88 valence electrons. The van der Waals surface area contributed by atoms with Gasteiger partial charge in [-0.3, -0.25) is 4.79 Å². The van der Waals surface area contributed by atoms with E-state index in [9.17, 15) is 4.79 Å². The third kappa shape index (κ3) is 2.08. The van der Waals surface area contributed by atoms with E-state index < -0.39 is 0 Å². The lowest BCUT2D eigenvalue weighted by molar-refractivity contribution is 1.12. The van der Waals surface area contributed by atoms with Crippen LogP contribution in [0.4, 0.5) is 0 Å². The van der Waals surface area contributed by atoms with Crippen LogP contribution in [0.5, 0.6) is 0 Å². The van der Waals surface area contributed by atoms with Crippen LogP contribution in [0, 0.1) is 0 Å². The van der Waals surface area contributed by atoms with E-state index in [2.05, 4.69) is 15.0 Å². The normalized spacial score (nSPS) is 10.4. The molecule has 0 bridgehead atoms. The van der Waals surface area contributed by atoms with E-state index >= 15 is 0 Å². The van der Waals surface area contributed by atoms with Crippen molar-refractivity contribution >= 4 is 11.3 Å². The summed E-state index contributed by atoms with van der Waals surface area (Å²) in [5, 5.41) is 2.56. The van der Waals surface area contributed by atoms with Crippen molar-refractivity contribution in [2.24, 2.45) is 0 Å². The zero-order valence-corrected chi connectivity index (χ0v) is 10.1. The Hall–Kier alpha value is -2.27. The van der Waals surface area contributed by atoms with Crippen molar-refractivity contribution in [2.75, 3.05) is 0 Å². The molecule has 4 nitrogen and oxygen atoms in total. The highest BCUT2D eigenvalue weighted by atomic mass is 32.1. The molecule has 3 rings (SSSR count). The summed E-state index contributed by atoms with van der Waals surface area (Å²) in [6.45, 7) is 0. The first-order chi connectivity index (χ1) is 8.83. The van der Waals surface area contributed by atoms with Crippen molar-refractivity contribution in [1.82, 2.24) is 15.0 Å². The van der Waals surface area contributed by atoms with Gasteiger partial charge in [0.25, 0.3) is 5.56 Å². The number of H-pyrrole nitrogens is 1. The van der Waals surface area contributed by atoms with Gasteiger partial charge in [-0.1, -0.05) is 30.3 Å². The molecule has 0 amide bonds. The Balaban J connectivity index is 2.15. The number of aromatic nitrogens is 3. The number of benzene rings is 1. The van der Waals surface area contributed by atoms with Crippen LogP contribution in [-0.4, -0.2) is 15.0 Å². The van der Waals surface area contributed by atoms with Gasteiger partial charge in [0, 0.05) is 23.2 Å². The van der Waals surface area contributed by atoms with E-state index in [1.54, 1.807) is 6.20 Å². The van der Waals surface area contributed by atoms with Gasteiger partial charge in [0.2, 0.25) is 0 Å². The third-order valence-electron chi connectivity index (χ3n) is 2.45. The summed E-state index contributed by atoms with van der Waals surface area (Å²) >= 11 is 1.44. The second-order valence-electron chi connectivity index (χ2n) is 3.68. The predicted molar refractivity (Wildman–Crippen MR) is 71.4 cm³/mol. The monoisotopic (exact) mass is 255 g/mol. The van der Waals surface area contributed by atoms with Crippen LogP contribution in [0.2, 0.25) is 0 Å². The van der Waals surface area contributed by atoms with Gasteiger partial charge in [-0.05, 0) is 0 Å². The summed E-state index contributed by atoms with van der Waals surface area (Å²) in [5.74, 6) is 0.511. The predicted octanol–water partition coefficient (Wildman–Crippen LogP) is 2.56. The molecular formula is C13H9N3OS. The molecule has 0 spiro atoms. The topological polar surface area (TPSA) is 58.6 Å². The van der Waals surface area contributed by atoms with Gasteiger partial charge in [0.1, 0.15) is 0 Å². The Morgan fingerprint density at radius 3 is 2.72 bits per heavy atom. The Labute approximate surface area is 107 Å². The Morgan fingerprint density at radius 1 is 1.17 bits per heavy atom. The minimum Gasteiger partial charge on any atom is -0.304 e. The smallest absolute Gasteiger partial charge is 0.251 e. The molecule has 0 atom stereocenters. The van der Waals surface area contributed by atoms with Crippen molar-refractivity contribution in [1.29, 1.82) is 0 Å². The van der Waals surface area contributed by atoms with Crippen molar-refractivity contribution in [3.8, 4) is 22.1 Å². The number of hydrogen-bond acceptors (Lipinski definition) is 4. The molecule has 2 heterocycles. The highest BCUT2D eigenvalue weighted by molar-refractivity contribution is 7.12. The average molecular weight is 255 g/mol. The van der Waals surface area contributed by atoms with E-state index in [4.69, 9.17) is 0 Å². The molecule has 0 saturated carbocycles. The number of rotatable bonds is 2. The molecule has 5 heteroatoms. The number of nitrogens with one attached hydrogen (secondary N) is 1. The van der Waals surface area contributed by atoms with Gasteiger partial charge in [-0.15, -0.1) is 11.3 Å². The molecule has 0 aliphatic carbocycles. The number of aromatic amines is 1. The first-order valence-corrected chi connectivity index (χ1v) is 6.27. The number of hydrogen-bond donors (Lipinski definition) is 1. The highest BCUT2D eigenvalue weighted by Gasteiger charge is 2.07. The summed E-state index contributed by atoms with van der Waals surface area (Å²) in [4.78, 5) is 22.9. The van der Waals surface area contributed by atoms with E-state index in [0.29, 0.717) is 16.5 Å². The molecule has 0 radical (unpaired) electrons. The molecule has 0 aliphatic rings. The minimum atomic E-state index is -0.172. The summed E-state index contributed by atoms with van der Waals surface area (Å²) in [6, 6.07) is 11.1. The second-order valence-corrected chi connectivity index (χ2v) is 4.58. The maximum Gasteiger partial charge on any atom is 0.251 e. The zero-order chi connectivity index (χ0) is 12.4. The SMILES string of the molecule is O=c1cc(-c2ccccc2)nc(-c2nccs2)[nH]1. The lowest BCUT2D eigenvalue weighted by atomic mass is 10.1. The van der Waals surface area contributed by atoms with E-state index in [0.717, 1.165) is 5.56 Å². The van der Waals surface area contributed by atoms with E-state index in [1.807, 2.05) is 35.7 Å². The van der Waals surface area contributed by atoms with Crippen molar-refractivity contribution < 1.29 is 0 Å². The minimum absolute atomic E-state index is 0.172. The number of nitrogens with zero attached hydrogens (tertiary/aromatic N) is 2. The summed E-state index contributed by atoms with van der Waals surface area (Å²) in [6.07, 6.45) is 1.69. The lowest BCUT2D eigenvalue weighted by Crippen LogP contribution is -2.08. The summed E-state index contributed by atoms with van der Waals surface area (Å²) in [7, 11) is 0. The standard InChI is InChI=1S/C13H9N3OS/c17-11-8-10(9-4-2-1-3-5-9)15-12(16-11)13-14-6-7-18-13/h1-8H,(H,15,16,17). The Bertz CT molecular complexity index is 705. The zero-order valence-electron chi connectivity index (χ0n) is 9.33. The van der Waals surface area contributed by atoms with Crippen LogP contribution in [0.3, 0.4) is 0 Å². The van der Waals surface area contributed by atoms with Crippen LogP contribution in [0.25, 0.3) is 22.1 Å². The quantitative estimate of drug-likeness (QED) is 0.765. The first kappa shape index (κ1) is 10.9. The maximum atomic E-state index is 11.7. The van der Waals surface area contributed by atoms with Gasteiger partial charge in [-0.25, -0.2) is 9.97 Å². The van der Waals surface area contributed by atoms with E-state index in [1.165, 1.54) is 17.4 Å². The van der Waals surface area contributed by atoms with Crippen molar-refractivity contribution in [3.63, 3.8) is 0 Å². The molecule has 18 heavy (non-hydrogen) atoms. The fraction of sp³-hybridized carbons (Fsp3) is 0. The molecule has 3 aromatic rings. The summed E-state index contributed by atoms with van der Waals surface area (Å²) in [5.41, 5.74) is 1.40. The van der Waals surface area contributed by atoms with Crippen molar-refractivity contribution in [3.05, 3.63) is 58.3 Å². The van der Waals surface area contributed by atoms with Gasteiger partial charge < -0.3 is 4.98 Å². The van der Waals surface area contributed by atoms with Crippen LogP contribution < -0.4 is 5.56 Å². The van der Waals surface area contributed by atoms with Gasteiger partial charge in [0.05, 0.1) is 5.69 Å².